The molecule has 0 bridgehead atoms. The van der Waals surface area contributed by atoms with E-state index in [1.807, 2.05) is 6.92 Å². The van der Waals surface area contributed by atoms with E-state index in [-0.39, 0.29) is 34.9 Å². The van der Waals surface area contributed by atoms with Crippen molar-refractivity contribution in [3.8, 4) is 17.0 Å². The summed E-state index contributed by atoms with van der Waals surface area (Å²) in [6.07, 6.45) is 0.151. The normalized spacial score (nSPS) is 14.9. The molecule has 2 aliphatic rings. The van der Waals surface area contributed by atoms with Gasteiger partial charge in [-0.3, -0.25) is 14.3 Å². The van der Waals surface area contributed by atoms with Crippen LogP contribution in [0.2, 0.25) is 0 Å². The lowest BCUT2D eigenvalue weighted by Gasteiger charge is -2.18. The lowest BCUT2D eigenvalue weighted by molar-refractivity contribution is -0.118. The monoisotopic (exact) mass is 456 g/mol. The molecule has 0 saturated heterocycles. The number of nitrogens with one attached hydrogen (secondary N) is 3. The molecule has 2 amide bonds. The zero-order chi connectivity index (χ0) is 21.8. The molecule has 158 valence electrons. The lowest BCUT2D eigenvalue weighted by Crippen LogP contribution is -2.25. The number of anilines is 3. The second kappa shape index (κ2) is 7.06. The van der Waals surface area contributed by atoms with E-state index in [4.69, 9.17) is 4.74 Å². The van der Waals surface area contributed by atoms with Crippen LogP contribution in [0.3, 0.4) is 0 Å². The first-order chi connectivity index (χ1) is 14.8. The van der Waals surface area contributed by atoms with Crippen molar-refractivity contribution >= 4 is 49.7 Å². The highest BCUT2D eigenvalue weighted by Crippen LogP contribution is 2.37. The number of ether oxygens (including phenoxy) is 1. The van der Waals surface area contributed by atoms with E-state index in [1.54, 1.807) is 24.3 Å². The summed E-state index contributed by atoms with van der Waals surface area (Å²) in [7, 11) is -3.88. The topological polar surface area (TPSA) is 126 Å². The van der Waals surface area contributed by atoms with Gasteiger partial charge in [-0.25, -0.2) is 13.4 Å². The van der Waals surface area contributed by atoms with Crippen LogP contribution in [0.15, 0.2) is 41.3 Å². The van der Waals surface area contributed by atoms with Crippen LogP contribution in [0, 0.1) is 6.92 Å². The highest BCUT2D eigenvalue weighted by atomic mass is 32.2. The van der Waals surface area contributed by atoms with E-state index in [0.717, 1.165) is 10.4 Å². The van der Waals surface area contributed by atoms with Crippen molar-refractivity contribution in [2.24, 2.45) is 0 Å². The number of sulfonamides is 1. The maximum Gasteiger partial charge on any atom is 0.263 e. The molecule has 2 aromatic carbocycles. The third-order valence-electron chi connectivity index (χ3n) is 4.92. The van der Waals surface area contributed by atoms with Crippen LogP contribution >= 0.6 is 11.3 Å². The second-order valence-corrected chi connectivity index (χ2v) is 10.0. The fourth-order valence-corrected chi connectivity index (χ4v) is 5.61. The molecule has 9 nitrogen and oxygen atoms in total. The van der Waals surface area contributed by atoms with Gasteiger partial charge in [-0.15, -0.1) is 11.3 Å². The first kappa shape index (κ1) is 19.5. The van der Waals surface area contributed by atoms with Crippen molar-refractivity contribution in [1.29, 1.82) is 0 Å². The number of carbonyl (C=O) groups excluding carboxylic acids is 2. The molecule has 11 heteroatoms. The Bertz CT molecular complexity index is 1360. The first-order valence-electron chi connectivity index (χ1n) is 9.28. The number of hydrogen-bond donors (Lipinski definition) is 3. The number of amides is 2. The van der Waals surface area contributed by atoms with Gasteiger partial charge in [0.15, 0.2) is 11.7 Å². The standard InChI is InChI=1S/C20H16N4O5S2/c1-10-19(11-2-5-16-15(7-11)22-18(26)9-29-16)23-20(30-10)24-31(27,28)13-3-4-14-12(6-13)8-17(25)21-14/h2-7H,8-9H2,1H3,(H,21,25)(H,22,26)(H,23,24). The first-order valence-corrected chi connectivity index (χ1v) is 11.6. The number of fused-ring (bicyclic) bond motifs is 2. The lowest BCUT2D eigenvalue weighted by atomic mass is 10.1. The predicted octanol–water partition coefficient (Wildman–Crippen LogP) is 2.74. The van der Waals surface area contributed by atoms with Crippen molar-refractivity contribution < 1.29 is 22.7 Å². The van der Waals surface area contributed by atoms with Crippen molar-refractivity contribution in [3.63, 3.8) is 0 Å². The third kappa shape index (κ3) is 3.62. The van der Waals surface area contributed by atoms with Crippen LogP contribution < -0.4 is 20.1 Å². The van der Waals surface area contributed by atoms with Gasteiger partial charge in [0.05, 0.1) is 22.7 Å². The summed E-state index contributed by atoms with van der Waals surface area (Å²) in [5, 5.41) is 5.65. The van der Waals surface area contributed by atoms with Crippen LogP contribution in [-0.2, 0) is 26.0 Å². The van der Waals surface area contributed by atoms with Crippen molar-refractivity contribution in [3.05, 3.63) is 46.8 Å². The minimum atomic E-state index is -3.88. The molecule has 0 unspecified atom stereocenters. The fourth-order valence-electron chi connectivity index (χ4n) is 3.49. The van der Waals surface area contributed by atoms with Gasteiger partial charge >= 0.3 is 0 Å². The van der Waals surface area contributed by atoms with Gasteiger partial charge in [0.25, 0.3) is 15.9 Å². The summed E-state index contributed by atoms with van der Waals surface area (Å²) >= 11 is 1.21. The van der Waals surface area contributed by atoms with Gasteiger partial charge < -0.3 is 15.4 Å². The Balaban J connectivity index is 1.43. The Morgan fingerprint density at radius 1 is 1.06 bits per heavy atom. The Morgan fingerprint density at radius 3 is 2.71 bits per heavy atom. The number of carbonyl (C=O) groups is 2. The van der Waals surface area contributed by atoms with Crippen LogP contribution in [0.25, 0.3) is 11.3 Å². The second-order valence-electron chi connectivity index (χ2n) is 7.12. The molecular formula is C20H16N4O5S2. The average Bonchev–Trinajstić information content (AvgIpc) is 3.27. The summed E-state index contributed by atoms with van der Waals surface area (Å²) in [4.78, 5) is 28.4. The molecular weight excluding hydrogens is 440 g/mol. The van der Waals surface area contributed by atoms with Gasteiger partial charge in [-0.1, -0.05) is 0 Å². The molecule has 31 heavy (non-hydrogen) atoms. The van der Waals surface area contributed by atoms with E-state index in [9.17, 15) is 18.0 Å². The Morgan fingerprint density at radius 2 is 1.87 bits per heavy atom. The molecule has 0 fully saturated rings. The fraction of sp³-hybridized carbons (Fsp3) is 0.150. The van der Waals surface area contributed by atoms with Gasteiger partial charge in [0.2, 0.25) is 5.91 Å². The molecule has 0 spiro atoms. The van der Waals surface area contributed by atoms with Crippen LogP contribution in [0.4, 0.5) is 16.5 Å². The average molecular weight is 457 g/mol. The van der Waals surface area contributed by atoms with Gasteiger partial charge in [-0.2, -0.15) is 0 Å². The number of thiazole rings is 1. The zero-order valence-corrected chi connectivity index (χ0v) is 17.8. The summed E-state index contributed by atoms with van der Waals surface area (Å²) in [6, 6.07) is 9.81. The highest BCUT2D eigenvalue weighted by molar-refractivity contribution is 7.93. The molecule has 0 aliphatic carbocycles. The summed E-state index contributed by atoms with van der Waals surface area (Å²) in [6.45, 7) is 1.81. The predicted molar refractivity (Wildman–Crippen MR) is 116 cm³/mol. The van der Waals surface area contributed by atoms with Gasteiger partial charge in [0, 0.05) is 16.1 Å². The maximum atomic E-state index is 12.9. The molecule has 0 saturated carbocycles. The van der Waals surface area contributed by atoms with Crippen LogP contribution in [0.1, 0.15) is 10.4 Å². The Hall–Kier alpha value is -3.44. The molecule has 0 atom stereocenters. The van der Waals surface area contributed by atoms with E-state index in [2.05, 4.69) is 20.3 Å². The Labute approximate surface area is 181 Å². The quantitative estimate of drug-likeness (QED) is 0.554. The maximum absolute atomic E-state index is 12.9. The third-order valence-corrected chi connectivity index (χ3v) is 7.27. The van der Waals surface area contributed by atoms with Crippen LogP contribution in [0.5, 0.6) is 5.75 Å². The molecule has 3 N–H and O–H groups in total. The van der Waals surface area contributed by atoms with Gasteiger partial charge in [-0.05, 0) is 48.9 Å². The number of hydrogen-bond acceptors (Lipinski definition) is 7. The highest BCUT2D eigenvalue weighted by Gasteiger charge is 2.24. The molecule has 3 heterocycles. The zero-order valence-electron chi connectivity index (χ0n) is 16.2. The number of nitrogens with zero attached hydrogens (tertiary/aromatic N) is 1. The minimum absolute atomic E-state index is 0.0269. The minimum Gasteiger partial charge on any atom is -0.482 e. The van der Waals surface area contributed by atoms with Crippen LogP contribution in [-0.4, -0.2) is 31.8 Å². The Kier molecular flexibility index (Phi) is 4.45. The van der Waals surface area contributed by atoms with Crippen molar-refractivity contribution in [2.75, 3.05) is 22.0 Å². The smallest absolute Gasteiger partial charge is 0.263 e. The van der Waals surface area contributed by atoms with E-state index < -0.39 is 10.0 Å². The summed E-state index contributed by atoms with van der Waals surface area (Å²) < 4.78 is 33.6. The number of aryl methyl sites for hydroxylation is 1. The molecule has 0 radical (unpaired) electrons. The van der Waals surface area contributed by atoms with Gasteiger partial charge in [0.1, 0.15) is 5.75 Å². The number of benzene rings is 2. The van der Waals surface area contributed by atoms with Crippen molar-refractivity contribution in [2.45, 2.75) is 18.2 Å². The molecule has 5 rings (SSSR count). The summed E-state index contributed by atoms with van der Waals surface area (Å²) in [5.74, 6) is 0.172. The largest absolute Gasteiger partial charge is 0.482 e. The van der Waals surface area contributed by atoms with E-state index in [0.29, 0.717) is 28.4 Å². The summed E-state index contributed by atoms with van der Waals surface area (Å²) in [5.41, 5.74) is 3.14. The molecule has 2 aliphatic heterocycles. The SMILES string of the molecule is Cc1sc(NS(=O)(=O)c2ccc3c(c2)CC(=O)N3)nc1-c1ccc2c(c1)NC(=O)CO2. The van der Waals surface area contributed by atoms with E-state index >= 15 is 0 Å². The molecule has 1 aromatic heterocycles. The van der Waals surface area contributed by atoms with Crippen molar-refractivity contribution in [1.82, 2.24) is 4.98 Å². The number of aromatic nitrogens is 1. The number of rotatable bonds is 4. The van der Waals surface area contributed by atoms with E-state index in [1.165, 1.54) is 23.5 Å². The molecule has 3 aromatic rings.